The van der Waals surface area contributed by atoms with E-state index in [1.807, 2.05) is 0 Å². The van der Waals surface area contributed by atoms with Gasteiger partial charge in [-0.15, -0.1) is 0 Å². The van der Waals surface area contributed by atoms with Crippen LogP contribution in [0, 0.1) is 0 Å². The molecule has 0 amide bonds. The summed E-state index contributed by atoms with van der Waals surface area (Å²) < 4.78 is 12.5. The number of ether oxygens (including phenoxy) is 2. The van der Waals surface area contributed by atoms with Crippen LogP contribution in [0.3, 0.4) is 0 Å². The van der Waals surface area contributed by atoms with Gasteiger partial charge in [0.15, 0.2) is 0 Å². The van der Waals surface area contributed by atoms with Crippen LogP contribution in [0.4, 0.5) is 0 Å². The van der Waals surface area contributed by atoms with Gasteiger partial charge in [0.1, 0.15) is 11.5 Å². The number of hydrogen-bond acceptors (Lipinski definition) is 2. The smallest absolute Gasteiger partial charge is 0.131 e. The van der Waals surface area contributed by atoms with Gasteiger partial charge in [-0.1, -0.05) is 62.8 Å². The van der Waals surface area contributed by atoms with Crippen molar-refractivity contribution in [3.05, 3.63) is 47.5 Å². The Morgan fingerprint density at radius 2 is 1.12 bits per heavy atom. The average Bonchev–Trinajstić information content (AvgIpc) is 2.79. The van der Waals surface area contributed by atoms with E-state index >= 15 is 0 Å². The monoisotopic (exact) mass is 434 g/mol. The molecule has 0 bridgehead atoms. The fourth-order valence-corrected chi connectivity index (χ4v) is 5.78. The van der Waals surface area contributed by atoms with Crippen LogP contribution in [-0.4, -0.2) is 12.2 Å². The molecule has 0 aliphatic heterocycles. The Kier molecular flexibility index (Phi) is 7.81. The summed E-state index contributed by atoms with van der Waals surface area (Å²) in [6.45, 7) is 8.39. The molecule has 2 nitrogen and oxygen atoms in total. The molecule has 0 saturated heterocycles. The third kappa shape index (κ3) is 5.50. The van der Waals surface area contributed by atoms with E-state index in [-0.39, 0.29) is 12.2 Å². The summed E-state index contributed by atoms with van der Waals surface area (Å²) in [6, 6.07) is 13.6. The largest absolute Gasteiger partial charge is 0.490 e. The van der Waals surface area contributed by atoms with Crippen molar-refractivity contribution in [3.8, 4) is 22.6 Å². The zero-order valence-electron chi connectivity index (χ0n) is 20.7. The topological polar surface area (TPSA) is 18.5 Å². The highest BCUT2D eigenvalue weighted by molar-refractivity contribution is 5.78. The maximum Gasteiger partial charge on any atom is 0.131 e. The van der Waals surface area contributed by atoms with Crippen molar-refractivity contribution >= 4 is 0 Å². The van der Waals surface area contributed by atoms with Crippen molar-refractivity contribution in [1.82, 2.24) is 0 Å². The molecule has 0 N–H and O–H groups in total. The maximum absolute atomic E-state index is 6.27. The predicted octanol–water partition coefficient (Wildman–Crippen LogP) is 9.02. The molecule has 2 heteroatoms. The lowest BCUT2D eigenvalue weighted by atomic mass is 9.75. The Balaban J connectivity index is 1.81. The molecule has 2 aliphatic rings. The zero-order chi connectivity index (χ0) is 22.5. The summed E-state index contributed by atoms with van der Waals surface area (Å²) in [7, 11) is 0. The van der Waals surface area contributed by atoms with E-state index in [0.29, 0.717) is 5.92 Å². The highest BCUT2D eigenvalue weighted by Crippen LogP contribution is 2.45. The van der Waals surface area contributed by atoms with Gasteiger partial charge in [-0.25, -0.2) is 0 Å². The number of rotatable bonds is 7. The van der Waals surface area contributed by atoms with Gasteiger partial charge in [0, 0.05) is 0 Å². The molecule has 0 radical (unpaired) electrons. The van der Waals surface area contributed by atoms with Crippen LogP contribution in [0.15, 0.2) is 36.4 Å². The normalized spacial score (nSPS) is 18.3. The van der Waals surface area contributed by atoms with Crippen LogP contribution in [0.2, 0.25) is 0 Å². The van der Waals surface area contributed by atoms with Crippen molar-refractivity contribution in [3.63, 3.8) is 0 Å². The van der Waals surface area contributed by atoms with Crippen LogP contribution >= 0.6 is 0 Å². The molecule has 0 spiro atoms. The Hall–Kier alpha value is -1.96. The minimum atomic E-state index is 0.127. The van der Waals surface area contributed by atoms with E-state index in [0.717, 1.165) is 23.0 Å². The molecule has 2 saturated carbocycles. The highest BCUT2D eigenvalue weighted by atomic mass is 16.5. The van der Waals surface area contributed by atoms with Crippen molar-refractivity contribution in [2.75, 3.05) is 0 Å². The third-order valence-corrected chi connectivity index (χ3v) is 7.18. The molecule has 0 unspecified atom stereocenters. The third-order valence-electron chi connectivity index (χ3n) is 7.18. The van der Waals surface area contributed by atoms with Crippen molar-refractivity contribution in [2.45, 2.75) is 116 Å². The second kappa shape index (κ2) is 10.8. The molecular formula is C30H42O2. The molecule has 2 aromatic carbocycles. The first-order valence-electron chi connectivity index (χ1n) is 13.1. The van der Waals surface area contributed by atoms with Gasteiger partial charge in [-0.05, 0) is 94.0 Å². The van der Waals surface area contributed by atoms with E-state index in [2.05, 4.69) is 64.1 Å². The first kappa shape index (κ1) is 23.2. The van der Waals surface area contributed by atoms with E-state index in [4.69, 9.17) is 9.47 Å². The Morgan fingerprint density at radius 3 is 1.62 bits per heavy atom. The standard InChI is InChI=1S/C30H42O2/c1-21(2)31-28-16-11-17-29(32-22(3)4)30(28)25-18-19-26(23-12-7-5-8-13-23)27(20-25)24-14-9-6-10-15-24/h11,16-24H,5-10,12-15H2,1-4H3. The summed E-state index contributed by atoms with van der Waals surface area (Å²) in [6.07, 6.45) is 13.9. The van der Waals surface area contributed by atoms with Gasteiger partial charge in [0.25, 0.3) is 0 Å². The second-order valence-electron chi connectivity index (χ2n) is 10.5. The van der Waals surface area contributed by atoms with Crippen LogP contribution in [0.1, 0.15) is 115 Å². The quantitative estimate of drug-likeness (QED) is 0.433. The molecule has 2 aromatic rings. The summed E-state index contributed by atoms with van der Waals surface area (Å²) in [5.41, 5.74) is 5.61. The van der Waals surface area contributed by atoms with Crippen LogP contribution < -0.4 is 9.47 Å². The van der Waals surface area contributed by atoms with Gasteiger partial charge in [-0.3, -0.25) is 0 Å². The van der Waals surface area contributed by atoms with Crippen LogP contribution in [0.5, 0.6) is 11.5 Å². The molecular weight excluding hydrogens is 392 g/mol. The van der Waals surface area contributed by atoms with E-state index in [1.165, 1.54) is 69.8 Å². The molecule has 174 valence electrons. The summed E-state index contributed by atoms with van der Waals surface area (Å²) >= 11 is 0. The van der Waals surface area contributed by atoms with Crippen molar-refractivity contribution in [2.24, 2.45) is 0 Å². The second-order valence-corrected chi connectivity index (χ2v) is 10.5. The van der Waals surface area contributed by atoms with Gasteiger partial charge in [0.2, 0.25) is 0 Å². The van der Waals surface area contributed by atoms with Crippen molar-refractivity contribution < 1.29 is 9.47 Å². The van der Waals surface area contributed by atoms with E-state index < -0.39 is 0 Å². The van der Waals surface area contributed by atoms with Gasteiger partial charge >= 0.3 is 0 Å². The maximum atomic E-state index is 6.27. The van der Waals surface area contributed by atoms with E-state index in [1.54, 1.807) is 11.1 Å². The molecule has 4 rings (SSSR count). The number of hydrogen-bond donors (Lipinski definition) is 0. The molecule has 0 heterocycles. The minimum Gasteiger partial charge on any atom is -0.490 e. The molecule has 0 atom stereocenters. The highest BCUT2D eigenvalue weighted by Gasteiger charge is 2.26. The Morgan fingerprint density at radius 1 is 0.625 bits per heavy atom. The summed E-state index contributed by atoms with van der Waals surface area (Å²) in [5.74, 6) is 3.30. The van der Waals surface area contributed by atoms with E-state index in [9.17, 15) is 0 Å². The van der Waals surface area contributed by atoms with Crippen molar-refractivity contribution in [1.29, 1.82) is 0 Å². The summed E-state index contributed by atoms with van der Waals surface area (Å²) in [5, 5.41) is 0. The van der Waals surface area contributed by atoms with Gasteiger partial charge in [0.05, 0.1) is 17.8 Å². The molecule has 32 heavy (non-hydrogen) atoms. The molecule has 2 fully saturated rings. The fraction of sp³-hybridized carbons (Fsp3) is 0.600. The minimum absolute atomic E-state index is 0.127. The lowest BCUT2D eigenvalue weighted by Crippen LogP contribution is -2.13. The first-order valence-corrected chi connectivity index (χ1v) is 13.1. The first-order chi connectivity index (χ1) is 15.5. The van der Waals surface area contributed by atoms with Crippen LogP contribution in [-0.2, 0) is 0 Å². The SMILES string of the molecule is CC(C)Oc1cccc(OC(C)C)c1-c1ccc(C2CCCCC2)c(C2CCCCC2)c1. The molecule has 2 aliphatic carbocycles. The van der Waals surface area contributed by atoms with Gasteiger partial charge < -0.3 is 9.47 Å². The Labute approximate surface area is 195 Å². The van der Waals surface area contributed by atoms with Gasteiger partial charge in [-0.2, -0.15) is 0 Å². The fourth-order valence-electron chi connectivity index (χ4n) is 5.78. The average molecular weight is 435 g/mol. The predicted molar refractivity (Wildman–Crippen MR) is 135 cm³/mol. The van der Waals surface area contributed by atoms with Crippen LogP contribution in [0.25, 0.3) is 11.1 Å². The lowest BCUT2D eigenvalue weighted by Gasteiger charge is -2.30. The summed E-state index contributed by atoms with van der Waals surface area (Å²) in [4.78, 5) is 0. The number of benzene rings is 2. The zero-order valence-corrected chi connectivity index (χ0v) is 20.7. The molecule has 0 aromatic heterocycles. The lowest BCUT2D eigenvalue weighted by molar-refractivity contribution is 0.231. The Bertz CT molecular complexity index is 842.